The van der Waals surface area contributed by atoms with Gasteiger partial charge in [-0.1, -0.05) is 12.1 Å². The molecule has 1 heterocycles. The van der Waals surface area contributed by atoms with Gasteiger partial charge in [-0.25, -0.2) is 0 Å². The number of hydrogen-bond donors (Lipinski definition) is 1. The lowest BCUT2D eigenvalue weighted by atomic mass is 9.94. The number of benzene rings is 1. The first-order chi connectivity index (χ1) is 8.22. The zero-order valence-electron chi connectivity index (χ0n) is 10.2. The standard InChI is InChI=1S/C14H18N2O/c1-14(6-3-7-17-11-14)16-10-13-5-2-4-12(8-13)9-15/h2,4-5,8,16H,3,6-7,10-11H2,1H3. The Hall–Kier alpha value is -1.37. The maximum absolute atomic E-state index is 8.84. The summed E-state index contributed by atoms with van der Waals surface area (Å²) >= 11 is 0. The molecule has 1 aliphatic rings. The number of nitriles is 1. The van der Waals surface area contributed by atoms with E-state index in [1.807, 2.05) is 24.3 Å². The van der Waals surface area contributed by atoms with Gasteiger partial charge in [-0.05, 0) is 37.5 Å². The Morgan fingerprint density at radius 1 is 1.53 bits per heavy atom. The van der Waals surface area contributed by atoms with Crippen LogP contribution in [0.25, 0.3) is 0 Å². The molecule has 17 heavy (non-hydrogen) atoms. The molecule has 0 radical (unpaired) electrons. The zero-order valence-corrected chi connectivity index (χ0v) is 10.2. The fourth-order valence-electron chi connectivity index (χ4n) is 2.14. The topological polar surface area (TPSA) is 45.0 Å². The van der Waals surface area contributed by atoms with Gasteiger partial charge in [-0.15, -0.1) is 0 Å². The third-order valence-corrected chi connectivity index (χ3v) is 3.21. The van der Waals surface area contributed by atoms with Gasteiger partial charge < -0.3 is 10.1 Å². The monoisotopic (exact) mass is 230 g/mol. The molecule has 1 aromatic rings. The highest BCUT2D eigenvalue weighted by molar-refractivity contribution is 5.32. The lowest BCUT2D eigenvalue weighted by Crippen LogP contribution is -2.48. The Morgan fingerprint density at radius 2 is 2.41 bits per heavy atom. The van der Waals surface area contributed by atoms with Crippen LogP contribution in [0.2, 0.25) is 0 Å². The first-order valence-electron chi connectivity index (χ1n) is 6.04. The van der Waals surface area contributed by atoms with Gasteiger partial charge in [0.05, 0.1) is 18.2 Å². The summed E-state index contributed by atoms with van der Waals surface area (Å²) in [5.74, 6) is 0. The third-order valence-electron chi connectivity index (χ3n) is 3.21. The largest absolute Gasteiger partial charge is 0.380 e. The Balaban J connectivity index is 1.95. The predicted octanol–water partition coefficient (Wildman–Crippen LogP) is 2.22. The van der Waals surface area contributed by atoms with Crippen LogP contribution in [0.15, 0.2) is 24.3 Å². The lowest BCUT2D eigenvalue weighted by Gasteiger charge is -2.34. The van der Waals surface area contributed by atoms with E-state index in [4.69, 9.17) is 10.00 Å². The average Bonchev–Trinajstić information content (AvgIpc) is 2.38. The molecule has 0 spiro atoms. The van der Waals surface area contributed by atoms with Crippen molar-refractivity contribution in [2.24, 2.45) is 0 Å². The molecule has 0 amide bonds. The van der Waals surface area contributed by atoms with Crippen LogP contribution >= 0.6 is 0 Å². The van der Waals surface area contributed by atoms with Gasteiger partial charge in [0.1, 0.15) is 0 Å². The first kappa shape index (κ1) is 12.1. The quantitative estimate of drug-likeness (QED) is 0.866. The van der Waals surface area contributed by atoms with Crippen LogP contribution in [0.3, 0.4) is 0 Å². The molecule has 3 heteroatoms. The average molecular weight is 230 g/mol. The summed E-state index contributed by atoms with van der Waals surface area (Å²) in [5.41, 5.74) is 1.94. The van der Waals surface area contributed by atoms with Gasteiger partial charge in [-0.3, -0.25) is 0 Å². The number of rotatable bonds is 3. The molecule has 1 N–H and O–H groups in total. The molecular weight excluding hydrogens is 212 g/mol. The van der Waals surface area contributed by atoms with Crippen molar-refractivity contribution in [3.8, 4) is 6.07 Å². The van der Waals surface area contributed by atoms with Crippen molar-refractivity contribution in [3.63, 3.8) is 0 Å². The molecule has 1 atom stereocenters. The highest BCUT2D eigenvalue weighted by Gasteiger charge is 2.26. The molecule has 2 rings (SSSR count). The predicted molar refractivity (Wildman–Crippen MR) is 66.5 cm³/mol. The molecule has 1 unspecified atom stereocenters. The Kier molecular flexibility index (Phi) is 3.78. The highest BCUT2D eigenvalue weighted by atomic mass is 16.5. The van der Waals surface area contributed by atoms with Gasteiger partial charge in [0.15, 0.2) is 0 Å². The maximum Gasteiger partial charge on any atom is 0.0991 e. The molecule has 90 valence electrons. The molecular formula is C14H18N2O. The van der Waals surface area contributed by atoms with Crippen molar-refractivity contribution in [1.29, 1.82) is 5.26 Å². The summed E-state index contributed by atoms with van der Waals surface area (Å²) in [5, 5.41) is 12.4. The van der Waals surface area contributed by atoms with Crippen LogP contribution < -0.4 is 5.32 Å². The minimum Gasteiger partial charge on any atom is -0.380 e. The smallest absolute Gasteiger partial charge is 0.0991 e. The molecule has 1 aliphatic heterocycles. The van der Waals surface area contributed by atoms with E-state index < -0.39 is 0 Å². The molecule has 1 fully saturated rings. The molecule has 0 aliphatic carbocycles. The van der Waals surface area contributed by atoms with Crippen molar-refractivity contribution in [2.45, 2.75) is 31.8 Å². The van der Waals surface area contributed by atoms with Gasteiger partial charge in [0.25, 0.3) is 0 Å². The Bertz CT molecular complexity index is 416. The zero-order chi connectivity index (χ0) is 12.1. The van der Waals surface area contributed by atoms with Gasteiger partial charge in [0, 0.05) is 18.7 Å². The normalized spacial score (nSPS) is 24.2. The fourth-order valence-corrected chi connectivity index (χ4v) is 2.14. The van der Waals surface area contributed by atoms with Crippen molar-refractivity contribution in [2.75, 3.05) is 13.2 Å². The summed E-state index contributed by atoms with van der Waals surface area (Å²) in [4.78, 5) is 0. The van der Waals surface area contributed by atoms with E-state index >= 15 is 0 Å². The van der Waals surface area contributed by atoms with Crippen LogP contribution in [-0.2, 0) is 11.3 Å². The van der Waals surface area contributed by atoms with Gasteiger partial charge in [-0.2, -0.15) is 5.26 Å². The third kappa shape index (κ3) is 3.29. The number of nitrogens with one attached hydrogen (secondary N) is 1. The van der Waals surface area contributed by atoms with Gasteiger partial charge in [0.2, 0.25) is 0 Å². The fraction of sp³-hybridized carbons (Fsp3) is 0.500. The van der Waals surface area contributed by atoms with Crippen LogP contribution in [0.4, 0.5) is 0 Å². The van der Waals surface area contributed by atoms with Crippen molar-refractivity contribution in [1.82, 2.24) is 5.32 Å². The molecule has 0 bridgehead atoms. The molecule has 3 nitrogen and oxygen atoms in total. The summed E-state index contributed by atoms with van der Waals surface area (Å²) < 4.78 is 5.50. The molecule has 1 aromatic carbocycles. The summed E-state index contributed by atoms with van der Waals surface area (Å²) in [7, 11) is 0. The second-order valence-electron chi connectivity index (χ2n) is 4.88. The van der Waals surface area contributed by atoms with E-state index in [-0.39, 0.29) is 5.54 Å². The SMILES string of the molecule is CC1(NCc2cccc(C#N)c2)CCCOC1. The van der Waals surface area contributed by atoms with Crippen LogP contribution in [0.1, 0.15) is 30.9 Å². The van der Waals surface area contributed by atoms with Crippen LogP contribution in [0.5, 0.6) is 0 Å². The number of hydrogen-bond acceptors (Lipinski definition) is 3. The summed E-state index contributed by atoms with van der Waals surface area (Å²) in [6.07, 6.45) is 2.26. The van der Waals surface area contributed by atoms with Crippen molar-refractivity contribution < 1.29 is 4.74 Å². The number of ether oxygens (including phenoxy) is 1. The number of nitrogens with zero attached hydrogens (tertiary/aromatic N) is 1. The van der Waals surface area contributed by atoms with Crippen LogP contribution in [0, 0.1) is 11.3 Å². The lowest BCUT2D eigenvalue weighted by molar-refractivity contribution is 0.0278. The summed E-state index contributed by atoms with van der Waals surface area (Å²) in [6, 6.07) is 9.89. The van der Waals surface area contributed by atoms with E-state index in [0.29, 0.717) is 5.56 Å². The van der Waals surface area contributed by atoms with E-state index in [9.17, 15) is 0 Å². The first-order valence-corrected chi connectivity index (χ1v) is 6.04. The van der Waals surface area contributed by atoms with E-state index in [1.54, 1.807) is 0 Å². The van der Waals surface area contributed by atoms with E-state index in [0.717, 1.165) is 38.2 Å². The van der Waals surface area contributed by atoms with E-state index in [1.165, 1.54) is 0 Å². The van der Waals surface area contributed by atoms with Gasteiger partial charge >= 0.3 is 0 Å². The molecule has 0 saturated carbocycles. The summed E-state index contributed by atoms with van der Waals surface area (Å²) in [6.45, 7) is 4.63. The molecule has 0 aromatic heterocycles. The van der Waals surface area contributed by atoms with Crippen molar-refractivity contribution >= 4 is 0 Å². The second kappa shape index (κ2) is 5.31. The minimum atomic E-state index is 0.0703. The minimum absolute atomic E-state index is 0.0703. The van der Waals surface area contributed by atoms with Crippen molar-refractivity contribution in [3.05, 3.63) is 35.4 Å². The van der Waals surface area contributed by atoms with E-state index in [2.05, 4.69) is 18.3 Å². The Labute approximate surface area is 102 Å². The highest BCUT2D eigenvalue weighted by Crippen LogP contribution is 2.19. The Morgan fingerprint density at radius 3 is 3.12 bits per heavy atom. The maximum atomic E-state index is 8.84. The second-order valence-corrected chi connectivity index (χ2v) is 4.88. The molecule has 1 saturated heterocycles. The van der Waals surface area contributed by atoms with Crippen LogP contribution in [-0.4, -0.2) is 18.8 Å².